The van der Waals surface area contributed by atoms with Gasteiger partial charge in [0.25, 0.3) is 0 Å². The van der Waals surface area contributed by atoms with Gasteiger partial charge < -0.3 is 14.6 Å². The number of hydrogen-bond acceptors (Lipinski definition) is 5. The zero-order valence-corrected chi connectivity index (χ0v) is 54.5. The minimum absolute atomic E-state index is 0.0645. The monoisotopic (exact) mass is 1140 g/mol. The molecule has 1 atom stereocenters. The van der Waals surface area contributed by atoms with E-state index >= 15 is 0 Å². The number of aliphatic hydroxyl groups is 1. The molecule has 82 heavy (non-hydrogen) atoms. The Morgan fingerprint density at radius 3 is 0.732 bits per heavy atom. The first kappa shape index (κ1) is 78.8. The summed E-state index contributed by atoms with van der Waals surface area (Å²) in [4.78, 5) is 24.7. The van der Waals surface area contributed by atoms with E-state index in [2.05, 4.69) is 111 Å². The highest BCUT2D eigenvalue weighted by Gasteiger charge is 2.16. The second-order valence-corrected chi connectivity index (χ2v) is 23.9. The second-order valence-electron chi connectivity index (χ2n) is 23.9. The average Bonchev–Trinajstić information content (AvgIpc) is 3.49. The van der Waals surface area contributed by atoms with Crippen molar-refractivity contribution in [2.75, 3.05) is 13.2 Å². The van der Waals surface area contributed by atoms with E-state index in [1.165, 1.54) is 244 Å². The van der Waals surface area contributed by atoms with Gasteiger partial charge in [-0.3, -0.25) is 9.59 Å². The normalized spacial score (nSPS) is 12.8. The van der Waals surface area contributed by atoms with Crippen molar-refractivity contribution in [1.29, 1.82) is 0 Å². The van der Waals surface area contributed by atoms with E-state index in [1.807, 2.05) is 0 Å². The minimum Gasteiger partial charge on any atom is -0.462 e. The van der Waals surface area contributed by atoms with Crippen LogP contribution in [0.4, 0.5) is 0 Å². The lowest BCUT2D eigenvalue weighted by Gasteiger charge is -2.15. The molecule has 0 radical (unpaired) electrons. The molecule has 0 saturated heterocycles. The van der Waals surface area contributed by atoms with E-state index in [0.717, 1.165) is 89.9 Å². The predicted octanol–water partition coefficient (Wildman–Crippen LogP) is 25.0. The third-order valence-electron chi connectivity index (χ3n) is 15.9. The molecule has 0 saturated carbocycles. The molecule has 1 unspecified atom stereocenters. The molecule has 0 bridgehead atoms. The molecule has 1 N–H and O–H groups in total. The summed E-state index contributed by atoms with van der Waals surface area (Å²) >= 11 is 0. The fourth-order valence-corrected chi connectivity index (χ4v) is 10.6. The summed E-state index contributed by atoms with van der Waals surface area (Å²) in [5.74, 6) is -0.575. The van der Waals surface area contributed by atoms with Gasteiger partial charge in [-0.25, -0.2) is 0 Å². The number of carbonyl (C=O) groups excluding carboxylic acids is 2. The van der Waals surface area contributed by atoms with Crippen LogP contribution in [0.1, 0.15) is 361 Å². The van der Waals surface area contributed by atoms with Gasteiger partial charge in [0.15, 0.2) is 6.10 Å². The third-order valence-corrected chi connectivity index (χ3v) is 15.9. The van der Waals surface area contributed by atoms with E-state index in [-0.39, 0.29) is 25.2 Å². The highest BCUT2D eigenvalue weighted by molar-refractivity contribution is 5.70. The fraction of sp³-hybridized carbons (Fsp3) is 0.766. The first-order valence-corrected chi connectivity index (χ1v) is 35.8. The van der Waals surface area contributed by atoms with Crippen LogP contribution in [0, 0.1) is 0 Å². The van der Waals surface area contributed by atoms with Gasteiger partial charge in [-0.2, -0.15) is 0 Å². The third kappa shape index (κ3) is 69.3. The van der Waals surface area contributed by atoms with Crippen molar-refractivity contribution in [2.45, 2.75) is 367 Å². The molecule has 474 valence electrons. The van der Waals surface area contributed by atoms with Gasteiger partial charge in [-0.05, 0) is 89.9 Å². The summed E-state index contributed by atoms with van der Waals surface area (Å²) in [6.07, 6.45) is 103. The molecule has 0 spiro atoms. The van der Waals surface area contributed by atoms with Crippen LogP contribution < -0.4 is 0 Å². The first-order valence-electron chi connectivity index (χ1n) is 35.8. The predicted molar refractivity (Wildman–Crippen MR) is 362 cm³/mol. The van der Waals surface area contributed by atoms with Crippen molar-refractivity contribution in [1.82, 2.24) is 0 Å². The van der Waals surface area contributed by atoms with Gasteiger partial charge in [0.1, 0.15) is 6.61 Å². The Bertz CT molecular complexity index is 1530. The van der Waals surface area contributed by atoms with Gasteiger partial charge in [0.2, 0.25) is 0 Å². The number of unbranched alkanes of at least 4 members (excludes halogenated alkanes) is 42. The lowest BCUT2D eigenvalue weighted by molar-refractivity contribution is -0.161. The minimum atomic E-state index is -0.775. The number of allylic oxidation sites excluding steroid dienone is 16. The molecule has 0 aliphatic carbocycles. The Morgan fingerprint density at radius 2 is 0.488 bits per heavy atom. The Labute approximate surface area is 510 Å². The van der Waals surface area contributed by atoms with Gasteiger partial charge in [0, 0.05) is 12.8 Å². The fourth-order valence-electron chi connectivity index (χ4n) is 10.6. The highest BCUT2D eigenvalue weighted by Crippen LogP contribution is 2.19. The summed E-state index contributed by atoms with van der Waals surface area (Å²) < 4.78 is 10.8. The maximum absolute atomic E-state index is 12.4. The number of carbonyl (C=O) groups is 2. The molecule has 0 rings (SSSR count). The molecule has 0 amide bonds. The molecule has 5 heteroatoms. The summed E-state index contributed by atoms with van der Waals surface area (Å²) in [5.41, 5.74) is 0. The lowest BCUT2D eigenvalue weighted by atomic mass is 10.0. The quantitative estimate of drug-likeness (QED) is 0.0373. The highest BCUT2D eigenvalue weighted by atomic mass is 16.6. The zero-order valence-electron chi connectivity index (χ0n) is 54.5. The largest absolute Gasteiger partial charge is 0.462 e. The number of ether oxygens (including phenoxy) is 2. The molecule has 0 aromatic carbocycles. The summed E-state index contributed by atoms with van der Waals surface area (Å²) in [5, 5.41) is 9.71. The van der Waals surface area contributed by atoms with Crippen LogP contribution in [-0.4, -0.2) is 36.4 Å². The van der Waals surface area contributed by atoms with Crippen molar-refractivity contribution >= 4 is 11.9 Å². The number of esters is 2. The van der Waals surface area contributed by atoms with Gasteiger partial charge in [0.05, 0.1) is 6.61 Å². The number of rotatable bonds is 66. The molecule has 0 heterocycles. The molecule has 0 aliphatic rings. The van der Waals surface area contributed by atoms with Crippen LogP contribution in [0.5, 0.6) is 0 Å². The maximum atomic E-state index is 12.4. The summed E-state index contributed by atoms with van der Waals surface area (Å²) in [6.45, 7) is 3.96. The molecule has 0 aliphatic heterocycles. The molecule has 0 aromatic heterocycles. The van der Waals surface area contributed by atoms with E-state index < -0.39 is 6.10 Å². The van der Waals surface area contributed by atoms with Crippen LogP contribution in [0.15, 0.2) is 97.2 Å². The average molecular weight is 1140 g/mol. The summed E-state index contributed by atoms with van der Waals surface area (Å²) in [7, 11) is 0. The van der Waals surface area contributed by atoms with Crippen molar-refractivity contribution < 1.29 is 24.2 Å². The van der Waals surface area contributed by atoms with Crippen molar-refractivity contribution in [2.24, 2.45) is 0 Å². The van der Waals surface area contributed by atoms with E-state index in [9.17, 15) is 14.7 Å². The SMILES string of the molecule is CC/C=C\C/C=C\C/C=C\C/C=C\CCCCCCCCCCCCCCCCCCCCCCCCCCCCCCC(=O)OC(CO)COC(=O)CCCCCCCCCCCCCCCC/C=C\C/C=C\C/C=C\C/C=C\CC. The smallest absolute Gasteiger partial charge is 0.306 e. The standard InChI is InChI=1S/C77H136O5/c1-3-5-7-9-11-13-15-17-19-21-23-25-27-29-31-32-33-34-35-36-37-38-39-40-41-42-43-44-46-48-50-52-54-56-58-60-62-64-66-68-70-72-77(80)82-75(73-78)74-81-76(79)71-69-67-65-63-61-59-57-55-53-51-49-47-45-30-28-26-24-22-20-18-16-14-12-10-8-6-4-2/h5-8,11-14,17-20,23-26,75,78H,3-4,9-10,15-16,21-22,27-74H2,1-2H3/b7-5-,8-6-,13-11-,14-12-,19-17-,20-18-,25-23-,26-24-. The molecule has 0 aromatic rings. The first-order chi connectivity index (χ1) is 40.6. The van der Waals surface area contributed by atoms with Crippen molar-refractivity contribution in [3.05, 3.63) is 97.2 Å². The van der Waals surface area contributed by atoms with E-state index in [0.29, 0.717) is 12.8 Å². The Kier molecular flexibility index (Phi) is 69.3. The molecular formula is C77H136O5. The topological polar surface area (TPSA) is 72.8 Å². The van der Waals surface area contributed by atoms with E-state index in [1.54, 1.807) is 0 Å². The lowest BCUT2D eigenvalue weighted by Crippen LogP contribution is -2.28. The zero-order chi connectivity index (χ0) is 59.1. The van der Waals surface area contributed by atoms with Crippen molar-refractivity contribution in [3.8, 4) is 0 Å². The van der Waals surface area contributed by atoms with E-state index in [4.69, 9.17) is 9.47 Å². The summed E-state index contributed by atoms with van der Waals surface area (Å²) in [6, 6.07) is 0. The maximum Gasteiger partial charge on any atom is 0.306 e. The molecular weight excluding hydrogens is 1000 g/mol. The molecule has 0 fully saturated rings. The van der Waals surface area contributed by atoms with Gasteiger partial charge in [-0.15, -0.1) is 0 Å². The number of hydrogen-bond donors (Lipinski definition) is 1. The molecule has 5 nitrogen and oxygen atoms in total. The van der Waals surface area contributed by atoms with Crippen LogP contribution in [0.25, 0.3) is 0 Å². The second kappa shape index (κ2) is 72.1. The Balaban J connectivity index is 3.39. The van der Waals surface area contributed by atoms with Crippen LogP contribution >= 0.6 is 0 Å². The number of aliphatic hydroxyl groups excluding tert-OH is 1. The van der Waals surface area contributed by atoms with Crippen LogP contribution in [-0.2, 0) is 19.1 Å². The Morgan fingerprint density at radius 1 is 0.280 bits per heavy atom. The van der Waals surface area contributed by atoms with Gasteiger partial charge in [-0.1, -0.05) is 355 Å². The van der Waals surface area contributed by atoms with Crippen molar-refractivity contribution in [3.63, 3.8) is 0 Å². The van der Waals surface area contributed by atoms with Crippen LogP contribution in [0.2, 0.25) is 0 Å². The van der Waals surface area contributed by atoms with Crippen LogP contribution in [0.3, 0.4) is 0 Å². The van der Waals surface area contributed by atoms with Gasteiger partial charge >= 0.3 is 11.9 Å². The Hall–Kier alpha value is -3.18.